The molecular formula is C63H60N2O9. The molecule has 74 heavy (non-hydrogen) atoms. The number of esters is 2. The van der Waals surface area contributed by atoms with Crippen LogP contribution < -0.4 is 19.5 Å². The van der Waals surface area contributed by atoms with Crippen LogP contribution in [-0.4, -0.2) is 48.9 Å². The average molecular weight is 989 g/mol. The summed E-state index contributed by atoms with van der Waals surface area (Å²) in [6.45, 7) is 2.51. The highest BCUT2D eigenvalue weighted by Gasteiger charge is 2.54. The van der Waals surface area contributed by atoms with Crippen LogP contribution >= 0.6 is 0 Å². The number of morpholine rings is 2. The minimum atomic E-state index is -0.607. The van der Waals surface area contributed by atoms with Gasteiger partial charge < -0.3 is 28.4 Å². The van der Waals surface area contributed by atoms with Gasteiger partial charge in [-0.05, 0) is 87.5 Å². The second-order valence-electron chi connectivity index (χ2n) is 17.5. The molecule has 0 spiro atoms. The standard InChI is InChI=1S/C38H33NO5.C14H12O2.C10H11NO2.CH4/c40-38-35-36(30-16-20-32(21-17-30)41-24-27-10-4-1-5-11-27)44-37(39(35)34(26-43-38)29-14-8-3-9-15-29)31-18-22-33(23-19-31)42-25-28-12-6-2-7-13-28;15-10-12-6-8-14(9-7-12)16-11-13-4-2-1-3-5-13;12-10-6-11-9(7-13-10)8-4-2-1-3-5-8;/h1-23,34-37H,24-26H2;1-10H,11H2;1-5,9,11H,6-7H2;1H4/t34-,35?,36-,37+;;9-;/m1.1./s1. The van der Waals surface area contributed by atoms with Gasteiger partial charge in [-0.1, -0.05) is 183 Å². The average Bonchev–Trinajstić information content (AvgIpc) is 3.88. The molecule has 1 unspecified atom stereocenters. The molecule has 0 aromatic heterocycles. The number of fused-ring (bicyclic) bond motifs is 1. The van der Waals surface area contributed by atoms with Gasteiger partial charge >= 0.3 is 11.9 Å². The van der Waals surface area contributed by atoms with Gasteiger partial charge in [0.05, 0.1) is 18.6 Å². The number of carbonyl (C=O) groups is 3. The van der Waals surface area contributed by atoms with Crippen LogP contribution in [0.25, 0.3) is 0 Å². The van der Waals surface area contributed by atoms with Crippen molar-refractivity contribution in [1.29, 1.82) is 0 Å². The van der Waals surface area contributed by atoms with Crippen molar-refractivity contribution in [3.05, 3.63) is 269 Å². The maximum atomic E-state index is 13.4. The Labute approximate surface area is 433 Å². The SMILES string of the molecule is C.O=C1CN[C@@H](c2ccccc2)CO1.O=C1OC[C@H](c2ccccc2)N2C1[C@@H](c1ccc(OCc3ccccc3)cc1)O[C@H]2c1ccc(OCc2ccccc2)cc1.O=Cc1ccc(OCc2ccccc2)cc1. The van der Waals surface area contributed by atoms with Crippen LogP contribution in [0.3, 0.4) is 0 Å². The second kappa shape index (κ2) is 26.4. The van der Waals surface area contributed by atoms with E-state index in [2.05, 4.69) is 22.3 Å². The summed E-state index contributed by atoms with van der Waals surface area (Å²) in [4.78, 5) is 36.8. The number of carbonyl (C=O) groups excluding carboxylic acids is 3. The Bertz CT molecular complexity index is 2940. The van der Waals surface area contributed by atoms with Gasteiger partial charge in [-0.2, -0.15) is 0 Å². The summed E-state index contributed by atoms with van der Waals surface area (Å²) in [5.74, 6) is 1.84. The molecule has 0 aliphatic carbocycles. The van der Waals surface area contributed by atoms with Crippen LogP contribution in [0.1, 0.15) is 81.1 Å². The maximum absolute atomic E-state index is 13.4. The van der Waals surface area contributed by atoms with Crippen LogP contribution in [0.15, 0.2) is 224 Å². The summed E-state index contributed by atoms with van der Waals surface area (Å²) in [7, 11) is 0. The molecule has 3 aliphatic rings. The number of nitrogens with one attached hydrogen (secondary N) is 1. The van der Waals surface area contributed by atoms with Crippen LogP contribution in [-0.2, 0) is 43.6 Å². The molecule has 3 saturated heterocycles. The molecule has 11 nitrogen and oxygen atoms in total. The van der Waals surface area contributed by atoms with E-state index in [1.165, 1.54) is 0 Å². The number of hydrogen-bond donors (Lipinski definition) is 1. The Morgan fingerprint density at radius 1 is 0.486 bits per heavy atom. The van der Waals surface area contributed by atoms with E-state index < -0.39 is 18.4 Å². The van der Waals surface area contributed by atoms with E-state index in [0.717, 1.165) is 62.5 Å². The lowest BCUT2D eigenvalue weighted by atomic mass is 9.96. The molecule has 0 saturated carbocycles. The zero-order valence-corrected chi connectivity index (χ0v) is 40.2. The third-order valence-electron chi connectivity index (χ3n) is 12.6. The van der Waals surface area contributed by atoms with Gasteiger partial charge in [-0.3, -0.25) is 19.7 Å². The quantitative estimate of drug-likeness (QED) is 0.0828. The molecule has 0 bridgehead atoms. The Kier molecular flexibility index (Phi) is 18.5. The Morgan fingerprint density at radius 2 is 0.919 bits per heavy atom. The van der Waals surface area contributed by atoms with E-state index in [9.17, 15) is 14.4 Å². The molecule has 8 aromatic carbocycles. The van der Waals surface area contributed by atoms with E-state index in [1.54, 1.807) is 24.3 Å². The highest BCUT2D eigenvalue weighted by atomic mass is 16.6. The zero-order valence-electron chi connectivity index (χ0n) is 40.2. The molecule has 0 amide bonds. The van der Waals surface area contributed by atoms with Gasteiger partial charge in [0.2, 0.25) is 0 Å². The van der Waals surface area contributed by atoms with Crippen LogP contribution in [0, 0.1) is 0 Å². The van der Waals surface area contributed by atoms with Crippen molar-refractivity contribution in [2.24, 2.45) is 0 Å². The molecule has 11 heteroatoms. The predicted molar refractivity (Wildman–Crippen MR) is 284 cm³/mol. The highest BCUT2D eigenvalue weighted by molar-refractivity contribution is 5.78. The van der Waals surface area contributed by atoms with Crippen LogP contribution in [0.4, 0.5) is 0 Å². The van der Waals surface area contributed by atoms with E-state index in [1.807, 2.05) is 188 Å². The van der Waals surface area contributed by atoms with Crippen molar-refractivity contribution >= 4 is 18.2 Å². The number of hydrogen-bond acceptors (Lipinski definition) is 11. The minimum Gasteiger partial charge on any atom is -0.489 e. The van der Waals surface area contributed by atoms with Crippen molar-refractivity contribution in [2.45, 2.75) is 57.7 Å². The monoisotopic (exact) mass is 988 g/mol. The second-order valence-corrected chi connectivity index (χ2v) is 17.5. The van der Waals surface area contributed by atoms with Gasteiger partial charge in [0, 0.05) is 5.56 Å². The number of cyclic esters (lactones) is 2. The Morgan fingerprint density at radius 3 is 1.36 bits per heavy atom. The zero-order chi connectivity index (χ0) is 50.0. The summed E-state index contributed by atoms with van der Waals surface area (Å²) in [6, 6.07) is 72.5. The first kappa shape index (κ1) is 52.0. The van der Waals surface area contributed by atoms with Crippen molar-refractivity contribution < 1.29 is 42.8 Å². The van der Waals surface area contributed by atoms with Crippen LogP contribution in [0.2, 0.25) is 0 Å². The fraction of sp³-hybridized carbons (Fsp3) is 0.190. The Balaban J connectivity index is 0.000000197. The summed E-state index contributed by atoms with van der Waals surface area (Å²) >= 11 is 0. The Hall–Kier alpha value is -8.35. The molecule has 11 rings (SSSR count). The lowest BCUT2D eigenvalue weighted by Gasteiger charge is -2.39. The third-order valence-corrected chi connectivity index (χ3v) is 12.6. The predicted octanol–water partition coefficient (Wildman–Crippen LogP) is 12.2. The van der Waals surface area contributed by atoms with Gasteiger partial charge in [0.25, 0.3) is 0 Å². The first-order valence-corrected chi connectivity index (χ1v) is 24.3. The van der Waals surface area contributed by atoms with E-state index in [0.29, 0.717) is 38.5 Å². The molecular weight excluding hydrogens is 929 g/mol. The largest absolute Gasteiger partial charge is 0.489 e. The molecule has 376 valence electrons. The summed E-state index contributed by atoms with van der Waals surface area (Å²) < 4.78 is 35.1. The lowest BCUT2D eigenvalue weighted by molar-refractivity contribution is -0.163. The molecule has 8 aromatic rings. The van der Waals surface area contributed by atoms with E-state index >= 15 is 0 Å². The normalized spacial score (nSPS) is 18.7. The molecule has 0 radical (unpaired) electrons. The minimum absolute atomic E-state index is 0. The number of ether oxygens (including phenoxy) is 6. The van der Waals surface area contributed by atoms with Crippen molar-refractivity contribution in [1.82, 2.24) is 10.2 Å². The van der Waals surface area contributed by atoms with Gasteiger partial charge in [-0.25, -0.2) is 4.90 Å². The molecule has 1 N–H and O–H groups in total. The molecule has 3 fully saturated rings. The van der Waals surface area contributed by atoms with E-state index in [-0.39, 0.29) is 38.1 Å². The summed E-state index contributed by atoms with van der Waals surface area (Å²) in [6.07, 6.45) is -0.155. The van der Waals surface area contributed by atoms with Crippen molar-refractivity contribution in [3.63, 3.8) is 0 Å². The molecule has 3 aliphatic heterocycles. The fourth-order valence-corrected chi connectivity index (χ4v) is 8.72. The molecule has 3 heterocycles. The van der Waals surface area contributed by atoms with E-state index in [4.69, 9.17) is 28.4 Å². The lowest BCUT2D eigenvalue weighted by Crippen LogP contribution is -2.49. The smallest absolute Gasteiger partial charge is 0.326 e. The fourth-order valence-electron chi connectivity index (χ4n) is 8.72. The number of benzene rings is 8. The van der Waals surface area contributed by atoms with Gasteiger partial charge in [0.1, 0.15) is 74.9 Å². The van der Waals surface area contributed by atoms with Gasteiger partial charge in [0.15, 0.2) is 0 Å². The van der Waals surface area contributed by atoms with Gasteiger partial charge in [-0.15, -0.1) is 0 Å². The summed E-state index contributed by atoms with van der Waals surface area (Å²) in [5.41, 5.74) is 8.07. The number of nitrogens with zero attached hydrogens (tertiary/aromatic N) is 1. The molecule has 5 atom stereocenters. The number of rotatable bonds is 14. The van der Waals surface area contributed by atoms with Crippen LogP contribution in [0.5, 0.6) is 17.2 Å². The third kappa shape index (κ3) is 14.0. The highest BCUT2D eigenvalue weighted by Crippen LogP contribution is 2.49. The number of aldehydes is 1. The first-order valence-electron chi connectivity index (χ1n) is 24.3. The maximum Gasteiger partial charge on any atom is 0.326 e. The summed E-state index contributed by atoms with van der Waals surface area (Å²) in [5, 5.41) is 3.11. The first-order chi connectivity index (χ1) is 36.0. The van der Waals surface area contributed by atoms with Crippen molar-refractivity contribution in [2.75, 3.05) is 19.8 Å². The van der Waals surface area contributed by atoms with Crippen molar-refractivity contribution in [3.8, 4) is 17.2 Å². The topological polar surface area (TPSA) is 122 Å².